The fraction of sp³-hybridized carbons (Fsp3) is 0.222. The lowest BCUT2D eigenvalue weighted by molar-refractivity contribution is 0.547. The molecule has 0 radical (unpaired) electrons. The van der Waals surface area contributed by atoms with Gasteiger partial charge >= 0.3 is 0 Å². The highest BCUT2D eigenvalue weighted by Crippen LogP contribution is 2.51. The number of hydrogen-bond donors (Lipinski definition) is 0. The molecule has 2 atom stereocenters. The van der Waals surface area contributed by atoms with Crippen molar-refractivity contribution in [2.75, 3.05) is 0 Å². The molecule has 2 aliphatic rings. The van der Waals surface area contributed by atoms with Crippen LogP contribution in [0.3, 0.4) is 0 Å². The van der Waals surface area contributed by atoms with Gasteiger partial charge in [0.2, 0.25) is 0 Å². The van der Waals surface area contributed by atoms with Crippen molar-refractivity contribution in [1.29, 1.82) is 0 Å². The van der Waals surface area contributed by atoms with Gasteiger partial charge in [0.05, 0.1) is 0 Å². The first-order valence-corrected chi connectivity index (χ1v) is 7.69. The summed E-state index contributed by atoms with van der Waals surface area (Å²) in [7, 11) is 0. The number of benzene rings is 2. The van der Waals surface area contributed by atoms with E-state index >= 15 is 0 Å². The zero-order valence-electron chi connectivity index (χ0n) is 10.6. The van der Waals surface area contributed by atoms with Crippen LogP contribution in [0.2, 0.25) is 0 Å². The lowest BCUT2D eigenvalue weighted by Gasteiger charge is -2.36. The van der Waals surface area contributed by atoms with Crippen LogP contribution in [0.15, 0.2) is 59.1 Å². The first kappa shape index (κ1) is 11.5. The third kappa shape index (κ3) is 1.72. The van der Waals surface area contributed by atoms with Crippen molar-refractivity contribution in [3.63, 3.8) is 0 Å². The van der Waals surface area contributed by atoms with Crippen molar-refractivity contribution < 1.29 is 0 Å². The molecular formula is C18H15Br. The number of hydrogen-bond acceptors (Lipinski definition) is 0. The SMILES string of the molecule is Brc1ccc2c(c1)C1CCC=CC1c1ccccc1-2. The maximum Gasteiger partial charge on any atom is 0.0178 e. The van der Waals surface area contributed by atoms with Crippen LogP contribution in [0.1, 0.15) is 35.8 Å². The van der Waals surface area contributed by atoms with Gasteiger partial charge in [-0.25, -0.2) is 0 Å². The molecule has 0 fully saturated rings. The summed E-state index contributed by atoms with van der Waals surface area (Å²) < 4.78 is 1.19. The number of halogens is 1. The standard InChI is InChI=1S/C18H15Br/c19-12-9-10-17-15-7-2-1-5-13(15)14-6-3-4-8-16(14)18(17)11-12/h1-3,5-7,9-11,14,16H,4,8H2. The summed E-state index contributed by atoms with van der Waals surface area (Å²) in [5, 5.41) is 0. The van der Waals surface area contributed by atoms with E-state index in [2.05, 4.69) is 70.5 Å². The van der Waals surface area contributed by atoms with Gasteiger partial charge in [-0.3, -0.25) is 0 Å². The maximum absolute atomic E-state index is 3.63. The highest BCUT2D eigenvalue weighted by atomic mass is 79.9. The Balaban J connectivity index is 2.03. The molecule has 2 unspecified atom stereocenters. The van der Waals surface area contributed by atoms with Gasteiger partial charge in [0.15, 0.2) is 0 Å². The third-order valence-corrected chi connectivity index (χ3v) is 4.94. The van der Waals surface area contributed by atoms with Crippen LogP contribution < -0.4 is 0 Å². The van der Waals surface area contributed by atoms with Gasteiger partial charge in [0, 0.05) is 10.4 Å². The average molecular weight is 311 g/mol. The second-order valence-electron chi connectivity index (χ2n) is 5.46. The predicted molar refractivity (Wildman–Crippen MR) is 83.4 cm³/mol. The molecule has 2 aromatic rings. The lowest BCUT2D eigenvalue weighted by atomic mass is 9.68. The molecular weight excluding hydrogens is 296 g/mol. The fourth-order valence-corrected chi connectivity index (χ4v) is 4.00. The van der Waals surface area contributed by atoms with Crippen LogP contribution in [0.5, 0.6) is 0 Å². The molecule has 2 aliphatic carbocycles. The van der Waals surface area contributed by atoms with Crippen LogP contribution >= 0.6 is 15.9 Å². The second kappa shape index (κ2) is 4.35. The van der Waals surface area contributed by atoms with E-state index < -0.39 is 0 Å². The molecule has 0 bridgehead atoms. The highest BCUT2D eigenvalue weighted by Gasteiger charge is 2.32. The summed E-state index contributed by atoms with van der Waals surface area (Å²) in [5.41, 5.74) is 5.86. The summed E-state index contributed by atoms with van der Waals surface area (Å²) >= 11 is 3.63. The summed E-state index contributed by atoms with van der Waals surface area (Å²) in [6, 6.07) is 15.6. The molecule has 0 spiro atoms. The molecule has 0 N–H and O–H groups in total. The third-order valence-electron chi connectivity index (χ3n) is 4.44. The molecule has 0 aromatic heterocycles. The summed E-state index contributed by atoms with van der Waals surface area (Å²) in [6.45, 7) is 0. The Labute approximate surface area is 122 Å². The molecule has 0 amide bonds. The summed E-state index contributed by atoms with van der Waals surface area (Å²) in [5.74, 6) is 1.21. The first-order valence-electron chi connectivity index (χ1n) is 6.90. The molecule has 0 heterocycles. The van der Waals surface area contributed by atoms with Crippen LogP contribution in [0, 0.1) is 0 Å². The second-order valence-corrected chi connectivity index (χ2v) is 6.37. The Morgan fingerprint density at radius 3 is 2.74 bits per heavy atom. The average Bonchev–Trinajstić information content (AvgIpc) is 2.47. The molecule has 0 saturated carbocycles. The van der Waals surface area contributed by atoms with Crippen LogP contribution in [0.4, 0.5) is 0 Å². The normalized spacial score (nSPS) is 23.4. The van der Waals surface area contributed by atoms with Crippen molar-refractivity contribution in [1.82, 2.24) is 0 Å². The summed E-state index contributed by atoms with van der Waals surface area (Å²) in [6.07, 6.45) is 7.23. The predicted octanol–water partition coefficient (Wildman–Crippen LogP) is 5.65. The van der Waals surface area contributed by atoms with E-state index in [0.717, 1.165) is 0 Å². The molecule has 4 rings (SSSR count). The van der Waals surface area contributed by atoms with Crippen molar-refractivity contribution in [2.45, 2.75) is 24.7 Å². The monoisotopic (exact) mass is 310 g/mol. The van der Waals surface area contributed by atoms with E-state index in [-0.39, 0.29) is 0 Å². The van der Waals surface area contributed by atoms with Gasteiger partial charge in [0.1, 0.15) is 0 Å². The van der Waals surface area contributed by atoms with Crippen molar-refractivity contribution in [3.05, 3.63) is 70.2 Å². The van der Waals surface area contributed by atoms with E-state index in [0.29, 0.717) is 11.8 Å². The molecule has 0 aliphatic heterocycles. The molecule has 1 heteroatoms. The van der Waals surface area contributed by atoms with E-state index in [4.69, 9.17) is 0 Å². The maximum atomic E-state index is 3.63. The smallest absolute Gasteiger partial charge is 0.0178 e. The molecule has 0 nitrogen and oxygen atoms in total. The van der Waals surface area contributed by atoms with Crippen LogP contribution in [-0.2, 0) is 0 Å². The Hall–Kier alpha value is -1.34. The van der Waals surface area contributed by atoms with Gasteiger partial charge in [-0.05, 0) is 53.1 Å². The highest BCUT2D eigenvalue weighted by molar-refractivity contribution is 9.10. The fourth-order valence-electron chi connectivity index (χ4n) is 3.62. The largest absolute Gasteiger partial charge is 0.0879 e. The minimum Gasteiger partial charge on any atom is -0.0879 e. The van der Waals surface area contributed by atoms with Gasteiger partial charge in [-0.15, -0.1) is 0 Å². The van der Waals surface area contributed by atoms with Crippen molar-refractivity contribution >= 4 is 15.9 Å². The molecule has 0 saturated heterocycles. The quantitative estimate of drug-likeness (QED) is 0.552. The van der Waals surface area contributed by atoms with E-state index in [1.54, 1.807) is 0 Å². The molecule has 94 valence electrons. The minimum atomic E-state index is 0.562. The number of rotatable bonds is 0. The zero-order valence-corrected chi connectivity index (χ0v) is 12.2. The lowest BCUT2D eigenvalue weighted by Crippen LogP contribution is -2.18. The Bertz CT molecular complexity index is 669. The van der Waals surface area contributed by atoms with Crippen molar-refractivity contribution in [3.8, 4) is 11.1 Å². The van der Waals surface area contributed by atoms with Gasteiger partial charge in [0.25, 0.3) is 0 Å². The Morgan fingerprint density at radius 1 is 0.947 bits per heavy atom. The first-order chi connectivity index (χ1) is 9.34. The van der Waals surface area contributed by atoms with E-state index in [1.807, 2.05) is 0 Å². The molecule has 2 aromatic carbocycles. The van der Waals surface area contributed by atoms with Gasteiger partial charge in [-0.1, -0.05) is 58.4 Å². The Morgan fingerprint density at radius 2 is 1.79 bits per heavy atom. The van der Waals surface area contributed by atoms with Gasteiger partial charge < -0.3 is 0 Å². The Kier molecular flexibility index (Phi) is 2.63. The van der Waals surface area contributed by atoms with E-state index in [9.17, 15) is 0 Å². The molecule has 19 heavy (non-hydrogen) atoms. The number of fused-ring (bicyclic) bond motifs is 6. The van der Waals surface area contributed by atoms with Crippen LogP contribution in [0.25, 0.3) is 11.1 Å². The van der Waals surface area contributed by atoms with Crippen molar-refractivity contribution in [2.24, 2.45) is 0 Å². The van der Waals surface area contributed by atoms with Gasteiger partial charge in [-0.2, -0.15) is 0 Å². The van der Waals surface area contributed by atoms with Crippen LogP contribution in [-0.4, -0.2) is 0 Å². The minimum absolute atomic E-state index is 0.562. The summed E-state index contributed by atoms with van der Waals surface area (Å²) in [4.78, 5) is 0. The zero-order chi connectivity index (χ0) is 12.8. The topological polar surface area (TPSA) is 0 Å². The number of allylic oxidation sites excluding steroid dienone is 2. The van der Waals surface area contributed by atoms with E-state index in [1.165, 1.54) is 39.6 Å².